The van der Waals surface area contributed by atoms with E-state index in [1.54, 1.807) is 10.7 Å². The number of ether oxygens (including phenoxy) is 1. The maximum atomic E-state index is 12.6. The molecule has 12 heteroatoms. The number of amides is 1. The van der Waals surface area contributed by atoms with Crippen molar-refractivity contribution in [3.05, 3.63) is 69.3 Å². The van der Waals surface area contributed by atoms with Crippen LogP contribution in [0.15, 0.2) is 52.3 Å². The summed E-state index contributed by atoms with van der Waals surface area (Å²) in [5.74, 6) is -0.848. The van der Waals surface area contributed by atoms with Crippen LogP contribution in [-0.4, -0.2) is 46.9 Å². The van der Waals surface area contributed by atoms with Crippen molar-refractivity contribution in [1.29, 1.82) is 0 Å². The Morgan fingerprint density at radius 3 is 2.42 bits per heavy atom. The topological polar surface area (TPSA) is 135 Å². The molecular weight excluding hydrogens is 466 g/mol. The second-order valence-electron chi connectivity index (χ2n) is 9.37. The molecule has 0 aliphatic heterocycles. The van der Waals surface area contributed by atoms with Gasteiger partial charge in [0.1, 0.15) is 12.4 Å². The zero-order valence-electron chi connectivity index (χ0n) is 20.7. The molecule has 3 aromatic heterocycles. The molecule has 0 aliphatic carbocycles. The van der Waals surface area contributed by atoms with Gasteiger partial charge in [-0.15, -0.1) is 0 Å². The van der Waals surface area contributed by atoms with Gasteiger partial charge in [-0.2, -0.15) is 5.10 Å². The molecule has 0 spiro atoms. The number of aryl methyl sites for hydroxylation is 1. The molecule has 0 saturated heterocycles. The number of nitrogens with zero attached hydrogens (tertiary/aromatic N) is 6. The van der Waals surface area contributed by atoms with Gasteiger partial charge in [-0.1, -0.05) is 39.0 Å². The van der Waals surface area contributed by atoms with Gasteiger partial charge in [0.2, 0.25) is 0 Å². The first-order valence-electron chi connectivity index (χ1n) is 11.2. The Morgan fingerprint density at radius 2 is 1.75 bits per heavy atom. The minimum Gasteiger partial charge on any atom is -0.454 e. The predicted molar refractivity (Wildman–Crippen MR) is 132 cm³/mol. The lowest BCUT2D eigenvalue weighted by atomic mass is 9.92. The summed E-state index contributed by atoms with van der Waals surface area (Å²) >= 11 is 0. The number of hydrogen-bond acceptors (Lipinski definition) is 7. The quantitative estimate of drug-likeness (QED) is 0.397. The van der Waals surface area contributed by atoms with Crippen molar-refractivity contribution in [2.24, 2.45) is 14.1 Å². The molecule has 0 aliphatic rings. The molecule has 1 amide bonds. The van der Waals surface area contributed by atoms with Crippen molar-refractivity contribution in [2.45, 2.75) is 32.7 Å². The second-order valence-corrected chi connectivity index (χ2v) is 9.37. The van der Waals surface area contributed by atoms with Crippen LogP contribution in [0.3, 0.4) is 0 Å². The Balaban J connectivity index is 1.47. The number of anilines is 1. The van der Waals surface area contributed by atoms with E-state index in [2.05, 4.69) is 15.4 Å². The van der Waals surface area contributed by atoms with E-state index in [1.807, 2.05) is 51.1 Å². The third kappa shape index (κ3) is 4.69. The molecule has 0 unspecified atom stereocenters. The summed E-state index contributed by atoms with van der Waals surface area (Å²) in [5.41, 5.74) is 0.422. The number of imidazole rings is 1. The lowest BCUT2D eigenvalue weighted by Crippen LogP contribution is -2.37. The van der Waals surface area contributed by atoms with Crippen LogP contribution in [0, 0.1) is 0 Å². The molecule has 0 saturated carbocycles. The number of carbonyl (C=O) groups excluding carboxylic acids is 2. The van der Waals surface area contributed by atoms with Gasteiger partial charge in [0.05, 0.1) is 17.7 Å². The highest BCUT2D eigenvalue weighted by Gasteiger charge is 2.22. The number of carbonyl (C=O) groups is 2. The fourth-order valence-corrected chi connectivity index (χ4v) is 3.63. The summed E-state index contributed by atoms with van der Waals surface area (Å²) in [6, 6.07) is 11.1. The molecule has 4 aromatic rings. The largest absolute Gasteiger partial charge is 0.454 e. The van der Waals surface area contributed by atoms with Crippen LogP contribution in [0.5, 0.6) is 0 Å². The summed E-state index contributed by atoms with van der Waals surface area (Å²) in [5, 5.41) is 7.38. The highest BCUT2D eigenvalue weighted by Crippen LogP contribution is 2.26. The third-order valence-electron chi connectivity index (χ3n) is 5.63. The van der Waals surface area contributed by atoms with E-state index in [0.717, 1.165) is 15.9 Å². The minimum absolute atomic E-state index is 0.0856. The molecule has 1 N–H and O–H groups in total. The van der Waals surface area contributed by atoms with E-state index in [1.165, 1.54) is 29.6 Å². The van der Waals surface area contributed by atoms with Gasteiger partial charge < -0.3 is 14.6 Å². The van der Waals surface area contributed by atoms with Crippen molar-refractivity contribution in [3.63, 3.8) is 0 Å². The average Bonchev–Trinajstić information content (AvgIpc) is 3.45. The Bertz CT molecular complexity index is 1570. The molecule has 36 heavy (non-hydrogen) atoms. The molecule has 0 bridgehead atoms. The van der Waals surface area contributed by atoms with Crippen molar-refractivity contribution in [2.75, 3.05) is 11.9 Å². The molecule has 3 heterocycles. The van der Waals surface area contributed by atoms with E-state index in [-0.39, 0.29) is 23.1 Å². The van der Waals surface area contributed by atoms with E-state index < -0.39 is 29.7 Å². The molecule has 0 atom stereocenters. The van der Waals surface area contributed by atoms with E-state index in [9.17, 15) is 19.2 Å². The minimum atomic E-state index is -0.743. The fraction of sp³-hybridized carbons (Fsp3) is 0.333. The molecule has 0 fully saturated rings. The summed E-state index contributed by atoms with van der Waals surface area (Å²) in [6.45, 7) is 5.16. The van der Waals surface area contributed by atoms with Crippen molar-refractivity contribution >= 4 is 28.9 Å². The van der Waals surface area contributed by atoms with Gasteiger partial charge in [0.25, 0.3) is 11.5 Å². The SMILES string of the molecule is Cn1c(=O)c2c(ncn2CC(=O)OCC(=O)Nc2cc(C(C)(C)C)nn2-c2ccccc2)n(C)c1=O. The van der Waals surface area contributed by atoms with Gasteiger partial charge in [-0.3, -0.25) is 23.5 Å². The molecule has 4 rings (SSSR count). The zero-order valence-corrected chi connectivity index (χ0v) is 20.7. The lowest BCUT2D eigenvalue weighted by Gasteiger charge is -2.14. The summed E-state index contributed by atoms with van der Waals surface area (Å²) in [7, 11) is 2.82. The monoisotopic (exact) mass is 493 g/mol. The van der Waals surface area contributed by atoms with Crippen LogP contribution in [0.2, 0.25) is 0 Å². The summed E-state index contributed by atoms with van der Waals surface area (Å²) in [6.07, 6.45) is 1.28. The number of nitrogens with one attached hydrogen (secondary N) is 1. The number of fused-ring (bicyclic) bond motifs is 1. The Hall–Kier alpha value is -4.48. The average molecular weight is 494 g/mol. The van der Waals surface area contributed by atoms with Crippen LogP contribution >= 0.6 is 0 Å². The first-order valence-corrected chi connectivity index (χ1v) is 11.2. The summed E-state index contributed by atoms with van der Waals surface area (Å²) in [4.78, 5) is 53.7. The number of esters is 1. The molecule has 188 valence electrons. The van der Waals surface area contributed by atoms with Crippen LogP contribution < -0.4 is 16.6 Å². The van der Waals surface area contributed by atoms with Gasteiger partial charge >= 0.3 is 11.7 Å². The maximum absolute atomic E-state index is 12.6. The number of aromatic nitrogens is 6. The fourth-order valence-electron chi connectivity index (χ4n) is 3.63. The first kappa shape index (κ1) is 24.6. The molecular formula is C24H27N7O5. The van der Waals surface area contributed by atoms with Crippen molar-refractivity contribution in [3.8, 4) is 5.69 Å². The van der Waals surface area contributed by atoms with Gasteiger partial charge in [0.15, 0.2) is 17.8 Å². The van der Waals surface area contributed by atoms with E-state index in [0.29, 0.717) is 5.82 Å². The number of hydrogen-bond donors (Lipinski definition) is 1. The molecule has 0 radical (unpaired) electrons. The zero-order chi connectivity index (χ0) is 26.2. The standard InChI is InChI=1S/C24H27N7O5/c1-24(2,3)16-11-17(31(27-16)15-9-7-6-8-10-15)26-18(32)13-36-19(33)12-30-14-25-21-20(30)22(34)29(5)23(35)28(21)4/h6-11,14H,12-13H2,1-5H3,(H,26,32). The van der Waals surface area contributed by atoms with Crippen LogP contribution in [-0.2, 0) is 40.4 Å². The van der Waals surface area contributed by atoms with Gasteiger partial charge in [-0.05, 0) is 12.1 Å². The normalized spacial score (nSPS) is 11.6. The number of rotatable bonds is 6. The Morgan fingerprint density at radius 1 is 1.06 bits per heavy atom. The smallest absolute Gasteiger partial charge is 0.332 e. The van der Waals surface area contributed by atoms with Gasteiger partial charge in [-0.25, -0.2) is 14.5 Å². The van der Waals surface area contributed by atoms with Crippen LogP contribution in [0.25, 0.3) is 16.9 Å². The lowest BCUT2D eigenvalue weighted by molar-refractivity contribution is -0.147. The predicted octanol–water partition coefficient (Wildman–Crippen LogP) is 1.10. The second kappa shape index (κ2) is 9.29. The summed E-state index contributed by atoms with van der Waals surface area (Å²) < 4.78 is 10.2. The number of benzene rings is 1. The van der Waals surface area contributed by atoms with E-state index in [4.69, 9.17) is 4.74 Å². The molecule has 12 nitrogen and oxygen atoms in total. The highest BCUT2D eigenvalue weighted by molar-refractivity contribution is 5.92. The highest BCUT2D eigenvalue weighted by atomic mass is 16.5. The number of para-hydroxylation sites is 1. The maximum Gasteiger partial charge on any atom is 0.332 e. The third-order valence-corrected chi connectivity index (χ3v) is 5.63. The Kier molecular flexibility index (Phi) is 6.35. The Labute approximate surface area is 205 Å². The molecule has 1 aromatic carbocycles. The van der Waals surface area contributed by atoms with Crippen molar-refractivity contribution in [1.82, 2.24) is 28.5 Å². The van der Waals surface area contributed by atoms with Crippen LogP contribution in [0.4, 0.5) is 5.82 Å². The van der Waals surface area contributed by atoms with E-state index >= 15 is 0 Å². The van der Waals surface area contributed by atoms with Gasteiger partial charge in [0, 0.05) is 25.6 Å². The first-order chi connectivity index (χ1) is 17.0. The van der Waals surface area contributed by atoms with Crippen LogP contribution in [0.1, 0.15) is 26.5 Å². The van der Waals surface area contributed by atoms with Crippen molar-refractivity contribution < 1.29 is 14.3 Å².